The smallest absolute Gasteiger partial charge is 0.110 e. The van der Waals surface area contributed by atoms with Gasteiger partial charge in [0.15, 0.2) is 0 Å². The minimum Gasteiger partial charge on any atom is -0.323 e. The highest BCUT2D eigenvalue weighted by atomic mass is 15.1. The second kappa shape index (κ2) is 3.82. The Bertz CT molecular complexity index is 442. The molecule has 2 rings (SSSR count). The van der Waals surface area contributed by atoms with E-state index in [0.29, 0.717) is 0 Å². The Morgan fingerprint density at radius 2 is 2.13 bits per heavy atom. The van der Waals surface area contributed by atoms with Gasteiger partial charge in [0.05, 0.1) is 17.6 Å². The van der Waals surface area contributed by atoms with E-state index in [1.165, 1.54) is 0 Å². The zero-order valence-electron chi connectivity index (χ0n) is 8.88. The Morgan fingerprint density at radius 3 is 2.60 bits per heavy atom. The summed E-state index contributed by atoms with van der Waals surface area (Å²) in [6.45, 7) is 3.88. The summed E-state index contributed by atoms with van der Waals surface area (Å²) in [4.78, 5) is 8.46. The first-order valence-electron chi connectivity index (χ1n) is 4.90. The normalized spacial score (nSPS) is 12.7. The fourth-order valence-electron chi connectivity index (χ4n) is 1.46. The van der Waals surface area contributed by atoms with Crippen molar-refractivity contribution in [2.75, 3.05) is 0 Å². The fraction of sp³-hybridized carbons (Fsp3) is 0.273. The maximum atomic E-state index is 5.73. The van der Waals surface area contributed by atoms with Crippen molar-refractivity contribution in [3.63, 3.8) is 0 Å². The van der Waals surface area contributed by atoms with Gasteiger partial charge in [-0.3, -0.25) is 4.98 Å². The summed E-state index contributed by atoms with van der Waals surface area (Å²) < 4.78 is 1.98. The number of imidazole rings is 1. The molecule has 2 heterocycles. The van der Waals surface area contributed by atoms with Crippen molar-refractivity contribution < 1.29 is 0 Å². The summed E-state index contributed by atoms with van der Waals surface area (Å²) in [6, 6.07) is 3.92. The standard InChI is InChI=1S/C11H14N4/c1-8(12)11-4-3-10(7-14-11)15-6-5-13-9(15)2/h3-8H,12H2,1-2H3/t8-/m0/s1. The van der Waals surface area contributed by atoms with Crippen molar-refractivity contribution in [1.82, 2.24) is 14.5 Å². The summed E-state index contributed by atoms with van der Waals surface area (Å²) >= 11 is 0. The maximum Gasteiger partial charge on any atom is 0.110 e. The maximum absolute atomic E-state index is 5.73. The van der Waals surface area contributed by atoms with Crippen LogP contribution in [-0.4, -0.2) is 14.5 Å². The van der Waals surface area contributed by atoms with Crippen molar-refractivity contribution in [3.8, 4) is 5.69 Å². The summed E-state index contributed by atoms with van der Waals surface area (Å²) in [7, 11) is 0. The molecule has 0 spiro atoms. The Kier molecular flexibility index (Phi) is 2.51. The largest absolute Gasteiger partial charge is 0.323 e. The van der Waals surface area contributed by atoms with Gasteiger partial charge in [-0.1, -0.05) is 0 Å². The molecule has 0 amide bonds. The highest BCUT2D eigenvalue weighted by Crippen LogP contribution is 2.12. The first kappa shape index (κ1) is 9.86. The molecule has 0 aliphatic carbocycles. The quantitative estimate of drug-likeness (QED) is 0.804. The molecule has 0 fully saturated rings. The van der Waals surface area contributed by atoms with Crippen LogP contribution < -0.4 is 5.73 Å². The van der Waals surface area contributed by atoms with Crippen molar-refractivity contribution >= 4 is 0 Å². The predicted molar refractivity (Wildman–Crippen MR) is 58.7 cm³/mol. The molecule has 0 aliphatic heterocycles. The van der Waals surface area contributed by atoms with Crippen LogP contribution in [-0.2, 0) is 0 Å². The van der Waals surface area contributed by atoms with E-state index in [2.05, 4.69) is 9.97 Å². The van der Waals surface area contributed by atoms with E-state index in [1.54, 1.807) is 6.20 Å². The van der Waals surface area contributed by atoms with Crippen molar-refractivity contribution in [1.29, 1.82) is 0 Å². The molecule has 0 bridgehead atoms. The van der Waals surface area contributed by atoms with E-state index in [1.807, 2.05) is 42.9 Å². The average molecular weight is 202 g/mol. The lowest BCUT2D eigenvalue weighted by Crippen LogP contribution is -2.07. The summed E-state index contributed by atoms with van der Waals surface area (Å²) in [5.74, 6) is 0.949. The van der Waals surface area contributed by atoms with E-state index in [9.17, 15) is 0 Å². The van der Waals surface area contributed by atoms with Crippen molar-refractivity contribution in [2.24, 2.45) is 5.73 Å². The molecule has 4 nitrogen and oxygen atoms in total. The predicted octanol–water partition coefficient (Wildman–Crippen LogP) is 1.60. The second-order valence-corrected chi connectivity index (χ2v) is 3.57. The minimum absolute atomic E-state index is 0.0251. The van der Waals surface area contributed by atoms with E-state index < -0.39 is 0 Å². The summed E-state index contributed by atoms with van der Waals surface area (Å²) in [5, 5.41) is 0. The van der Waals surface area contributed by atoms with Crippen LogP contribution in [0.15, 0.2) is 30.7 Å². The van der Waals surface area contributed by atoms with Crippen LogP contribution in [0.25, 0.3) is 5.69 Å². The van der Waals surface area contributed by atoms with Crippen molar-refractivity contribution in [3.05, 3.63) is 42.2 Å². The average Bonchev–Trinajstić information content (AvgIpc) is 2.65. The molecule has 0 aliphatic rings. The van der Waals surface area contributed by atoms with Crippen LogP contribution in [0.2, 0.25) is 0 Å². The third kappa shape index (κ3) is 1.89. The summed E-state index contributed by atoms with van der Waals surface area (Å²) in [6.07, 6.45) is 5.50. The van der Waals surface area contributed by atoms with E-state index >= 15 is 0 Å². The number of aryl methyl sites for hydroxylation is 1. The van der Waals surface area contributed by atoms with E-state index in [0.717, 1.165) is 17.2 Å². The third-order valence-electron chi connectivity index (χ3n) is 2.34. The minimum atomic E-state index is -0.0251. The monoisotopic (exact) mass is 202 g/mol. The first-order valence-corrected chi connectivity index (χ1v) is 4.90. The number of aromatic nitrogens is 3. The molecule has 2 aromatic heterocycles. The van der Waals surface area contributed by atoms with Gasteiger partial charge in [-0.15, -0.1) is 0 Å². The van der Waals surface area contributed by atoms with Gasteiger partial charge in [0.2, 0.25) is 0 Å². The van der Waals surface area contributed by atoms with E-state index in [4.69, 9.17) is 5.73 Å². The van der Waals surface area contributed by atoms with Gasteiger partial charge in [0.25, 0.3) is 0 Å². The number of hydrogen-bond acceptors (Lipinski definition) is 3. The molecule has 0 saturated heterocycles. The van der Waals surface area contributed by atoms with Crippen LogP contribution in [0.3, 0.4) is 0 Å². The molecular formula is C11H14N4. The van der Waals surface area contributed by atoms with Gasteiger partial charge in [-0.25, -0.2) is 4.98 Å². The van der Waals surface area contributed by atoms with Gasteiger partial charge in [0, 0.05) is 18.4 Å². The second-order valence-electron chi connectivity index (χ2n) is 3.57. The van der Waals surface area contributed by atoms with Gasteiger partial charge >= 0.3 is 0 Å². The van der Waals surface area contributed by atoms with Gasteiger partial charge in [-0.05, 0) is 26.0 Å². The first-order chi connectivity index (χ1) is 7.18. The van der Waals surface area contributed by atoms with Crippen LogP contribution >= 0.6 is 0 Å². The Hall–Kier alpha value is -1.68. The summed E-state index contributed by atoms with van der Waals surface area (Å²) in [5.41, 5.74) is 7.64. The number of pyridine rings is 1. The van der Waals surface area contributed by atoms with Crippen LogP contribution in [0.5, 0.6) is 0 Å². The molecule has 0 saturated carbocycles. The lowest BCUT2D eigenvalue weighted by Gasteiger charge is -2.07. The molecule has 4 heteroatoms. The van der Waals surface area contributed by atoms with Gasteiger partial charge < -0.3 is 10.3 Å². The Balaban J connectivity index is 2.36. The lowest BCUT2D eigenvalue weighted by molar-refractivity contribution is 0.778. The Morgan fingerprint density at radius 1 is 1.33 bits per heavy atom. The number of nitrogens with zero attached hydrogens (tertiary/aromatic N) is 3. The molecule has 1 atom stereocenters. The molecule has 0 aromatic carbocycles. The molecule has 2 N–H and O–H groups in total. The number of hydrogen-bond donors (Lipinski definition) is 1. The zero-order valence-corrected chi connectivity index (χ0v) is 8.88. The number of nitrogens with two attached hydrogens (primary N) is 1. The molecule has 15 heavy (non-hydrogen) atoms. The molecule has 0 radical (unpaired) electrons. The molecule has 2 aromatic rings. The highest BCUT2D eigenvalue weighted by molar-refractivity contribution is 5.31. The van der Waals surface area contributed by atoms with Crippen LogP contribution in [0, 0.1) is 6.92 Å². The molecule has 0 unspecified atom stereocenters. The van der Waals surface area contributed by atoms with Crippen molar-refractivity contribution in [2.45, 2.75) is 19.9 Å². The van der Waals surface area contributed by atoms with Gasteiger partial charge in [0.1, 0.15) is 5.82 Å². The topological polar surface area (TPSA) is 56.7 Å². The number of rotatable bonds is 2. The Labute approximate surface area is 88.8 Å². The SMILES string of the molecule is Cc1nccn1-c1ccc([C@H](C)N)nc1. The molecule has 78 valence electrons. The van der Waals surface area contributed by atoms with Crippen LogP contribution in [0.1, 0.15) is 24.5 Å². The molecular weight excluding hydrogens is 188 g/mol. The fourth-order valence-corrected chi connectivity index (χ4v) is 1.46. The highest BCUT2D eigenvalue weighted by Gasteiger charge is 2.03. The third-order valence-corrected chi connectivity index (χ3v) is 2.34. The zero-order chi connectivity index (χ0) is 10.8. The lowest BCUT2D eigenvalue weighted by atomic mass is 10.2. The van der Waals surface area contributed by atoms with E-state index in [-0.39, 0.29) is 6.04 Å². The van der Waals surface area contributed by atoms with Gasteiger partial charge in [-0.2, -0.15) is 0 Å². The van der Waals surface area contributed by atoms with Crippen LogP contribution in [0.4, 0.5) is 0 Å².